The van der Waals surface area contributed by atoms with E-state index in [0.717, 1.165) is 19.3 Å². The van der Waals surface area contributed by atoms with E-state index < -0.39 is 5.60 Å². The van der Waals surface area contributed by atoms with Crippen molar-refractivity contribution in [3.05, 3.63) is 0 Å². The van der Waals surface area contributed by atoms with Gasteiger partial charge < -0.3 is 20.1 Å². The number of hydrogen-bond donors (Lipinski definition) is 2. The van der Waals surface area contributed by atoms with Crippen LogP contribution in [-0.4, -0.2) is 43.5 Å². The second kappa shape index (κ2) is 7.99. The molecule has 5 nitrogen and oxygen atoms in total. The fourth-order valence-corrected chi connectivity index (χ4v) is 2.53. The molecule has 1 rings (SSSR count). The monoisotopic (exact) mass is 300 g/mol. The summed E-state index contributed by atoms with van der Waals surface area (Å²) in [7, 11) is 1.76. The zero-order valence-electron chi connectivity index (χ0n) is 14.4. The van der Waals surface area contributed by atoms with Gasteiger partial charge in [0.25, 0.3) is 0 Å². The van der Waals surface area contributed by atoms with Crippen molar-refractivity contribution in [2.45, 2.75) is 77.7 Å². The maximum atomic E-state index is 11.7. The van der Waals surface area contributed by atoms with Crippen molar-refractivity contribution in [3.8, 4) is 0 Å². The van der Waals surface area contributed by atoms with Gasteiger partial charge in [-0.2, -0.15) is 0 Å². The number of methoxy groups -OCH3 is 1. The normalized spacial score (nSPS) is 23.6. The predicted octanol–water partition coefficient (Wildman–Crippen LogP) is 2.69. The molecule has 1 atom stereocenters. The van der Waals surface area contributed by atoms with Crippen molar-refractivity contribution in [3.63, 3.8) is 0 Å². The second-order valence-electron chi connectivity index (χ2n) is 7.40. The van der Waals surface area contributed by atoms with E-state index >= 15 is 0 Å². The highest BCUT2D eigenvalue weighted by Crippen LogP contribution is 2.23. The summed E-state index contributed by atoms with van der Waals surface area (Å²) in [5, 5.41) is 6.49. The van der Waals surface area contributed by atoms with E-state index in [2.05, 4.69) is 24.5 Å². The highest BCUT2D eigenvalue weighted by Gasteiger charge is 2.30. The summed E-state index contributed by atoms with van der Waals surface area (Å²) in [4.78, 5) is 11.7. The predicted molar refractivity (Wildman–Crippen MR) is 84.4 cm³/mol. The second-order valence-corrected chi connectivity index (χ2v) is 7.40. The Morgan fingerprint density at radius 1 is 1.29 bits per heavy atom. The molecule has 1 saturated carbocycles. The van der Waals surface area contributed by atoms with Gasteiger partial charge >= 0.3 is 6.09 Å². The summed E-state index contributed by atoms with van der Waals surface area (Å²) in [6, 6.07) is 0.777. The third-order valence-electron chi connectivity index (χ3n) is 3.55. The molecule has 0 aliphatic heterocycles. The van der Waals surface area contributed by atoms with Crippen LogP contribution >= 0.6 is 0 Å². The largest absolute Gasteiger partial charge is 0.444 e. The van der Waals surface area contributed by atoms with Gasteiger partial charge in [-0.1, -0.05) is 13.8 Å². The number of ether oxygens (including phenoxy) is 2. The zero-order chi connectivity index (χ0) is 16.0. The van der Waals surface area contributed by atoms with Crippen LogP contribution in [0.25, 0.3) is 0 Å². The van der Waals surface area contributed by atoms with Gasteiger partial charge in [-0.15, -0.1) is 0 Å². The molecule has 5 heteroatoms. The van der Waals surface area contributed by atoms with E-state index in [1.165, 1.54) is 0 Å². The molecule has 0 bridgehead atoms. The minimum absolute atomic E-state index is 0.278. The van der Waals surface area contributed by atoms with Gasteiger partial charge in [0.2, 0.25) is 0 Å². The van der Waals surface area contributed by atoms with E-state index in [4.69, 9.17) is 9.47 Å². The van der Waals surface area contributed by atoms with Gasteiger partial charge in [0, 0.05) is 25.7 Å². The van der Waals surface area contributed by atoms with Crippen LogP contribution in [0.15, 0.2) is 0 Å². The van der Waals surface area contributed by atoms with Crippen LogP contribution in [0.1, 0.15) is 53.9 Å². The minimum atomic E-state index is -0.454. The van der Waals surface area contributed by atoms with Gasteiger partial charge in [0.05, 0.1) is 6.10 Å². The third kappa shape index (κ3) is 7.67. The Hall–Kier alpha value is -0.810. The summed E-state index contributed by atoms with van der Waals surface area (Å²) in [5.74, 6) is 0.584. The maximum absolute atomic E-state index is 11.7. The smallest absolute Gasteiger partial charge is 0.407 e. The number of rotatable bonds is 7. The molecule has 1 aliphatic carbocycles. The quantitative estimate of drug-likeness (QED) is 0.759. The highest BCUT2D eigenvalue weighted by atomic mass is 16.6. The van der Waals surface area contributed by atoms with Gasteiger partial charge in [0.15, 0.2) is 0 Å². The Kier molecular flexibility index (Phi) is 6.94. The van der Waals surface area contributed by atoms with Crippen molar-refractivity contribution >= 4 is 6.09 Å². The Balaban J connectivity index is 2.34. The van der Waals surface area contributed by atoms with Crippen molar-refractivity contribution in [1.29, 1.82) is 0 Å². The van der Waals surface area contributed by atoms with Crippen LogP contribution in [-0.2, 0) is 9.47 Å². The first-order valence-electron chi connectivity index (χ1n) is 7.95. The van der Waals surface area contributed by atoms with Gasteiger partial charge in [-0.3, -0.25) is 0 Å². The number of carbonyl (C=O) groups is 1. The molecular formula is C16H32N2O3. The van der Waals surface area contributed by atoms with Crippen LogP contribution < -0.4 is 10.6 Å². The van der Waals surface area contributed by atoms with Crippen molar-refractivity contribution < 1.29 is 14.3 Å². The standard InChI is InChI=1S/C16H32N2O3/c1-11(2)7-13(18-12-8-14(9-12)20-6)10-17-15(19)21-16(3,4)5/h11-14,18H,7-10H2,1-6H3,(H,17,19). The van der Waals surface area contributed by atoms with Crippen LogP contribution in [0.4, 0.5) is 4.79 Å². The van der Waals surface area contributed by atoms with Gasteiger partial charge in [0.1, 0.15) is 5.60 Å². The lowest BCUT2D eigenvalue weighted by Gasteiger charge is -2.38. The molecule has 2 N–H and O–H groups in total. The lowest BCUT2D eigenvalue weighted by Crippen LogP contribution is -2.53. The first-order chi connectivity index (χ1) is 9.69. The van der Waals surface area contributed by atoms with Crippen molar-refractivity contribution in [1.82, 2.24) is 10.6 Å². The molecule has 0 spiro atoms. The summed E-state index contributed by atoms with van der Waals surface area (Å²) >= 11 is 0. The number of carbonyl (C=O) groups excluding carboxylic acids is 1. The van der Waals surface area contributed by atoms with Crippen molar-refractivity contribution in [2.24, 2.45) is 5.92 Å². The molecule has 1 fully saturated rings. The lowest BCUT2D eigenvalue weighted by molar-refractivity contribution is 0.0130. The van der Waals surface area contributed by atoms with Gasteiger partial charge in [-0.25, -0.2) is 4.79 Å². The van der Waals surface area contributed by atoms with Crippen LogP contribution in [0.3, 0.4) is 0 Å². The van der Waals surface area contributed by atoms with E-state index in [1.54, 1.807) is 7.11 Å². The number of nitrogens with one attached hydrogen (secondary N) is 2. The first-order valence-corrected chi connectivity index (χ1v) is 7.95. The maximum Gasteiger partial charge on any atom is 0.407 e. The Labute approximate surface area is 129 Å². The van der Waals surface area contributed by atoms with Crippen LogP contribution in [0.5, 0.6) is 0 Å². The summed E-state index contributed by atoms with van der Waals surface area (Å²) in [6.45, 7) is 10.6. The molecular weight excluding hydrogens is 268 g/mol. The molecule has 1 aliphatic rings. The van der Waals surface area contributed by atoms with Crippen LogP contribution in [0, 0.1) is 5.92 Å². The average Bonchev–Trinajstić information content (AvgIpc) is 2.26. The van der Waals surface area contributed by atoms with Gasteiger partial charge in [-0.05, 0) is 46.0 Å². The summed E-state index contributed by atoms with van der Waals surface area (Å²) in [6.07, 6.45) is 3.18. The number of amides is 1. The minimum Gasteiger partial charge on any atom is -0.444 e. The molecule has 0 aromatic rings. The number of hydrogen-bond acceptors (Lipinski definition) is 4. The average molecular weight is 300 g/mol. The molecule has 1 amide bonds. The fraction of sp³-hybridized carbons (Fsp3) is 0.938. The summed E-state index contributed by atoms with van der Waals surface area (Å²) in [5.41, 5.74) is -0.454. The molecule has 0 radical (unpaired) electrons. The molecule has 1 unspecified atom stereocenters. The zero-order valence-corrected chi connectivity index (χ0v) is 14.4. The highest BCUT2D eigenvalue weighted by molar-refractivity contribution is 5.67. The van der Waals surface area contributed by atoms with Crippen LogP contribution in [0.2, 0.25) is 0 Å². The Morgan fingerprint density at radius 3 is 2.38 bits per heavy atom. The molecule has 0 aromatic carbocycles. The lowest BCUT2D eigenvalue weighted by atomic mass is 9.88. The Bertz CT molecular complexity index is 320. The molecule has 21 heavy (non-hydrogen) atoms. The molecule has 0 saturated heterocycles. The molecule has 0 aromatic heterocycles. The molecule has 0 heterocycles. The van der Waals surface area contributed by atoms with E-state index in [0.29, 0.717) is 24.6 Å². The SMILES string of the molecule is COC1CC(NC(CNC(=O)OC(C)(C)C)CC(C)C)C1. The van der Waals surface area contributed by atoms with E-state index in [1.807, 2.05) is 20.8 Å². The van der Waals surface area contributed by atoms with E-state index in [-0.39, 0.29) is 12.1 Å². The van der Waals surface area contributed by atoms with Crippen molar-refractivity contribution in [2.75, 3.05) is 13.7 Å². The fourth-order valence-electron chi connectivity index (χ4n) is 2.53. The first kappa shape index (κ1) is 18.2. The molecule has 124 valence electrons. The summed E-state index contributed by atoms with van der Waals surface area (Å²) < 4.78 is 10.6. The topological polar surface area (TPSA) is 59.6 Å². The third-order valence-corrected chi connectivity index (χ3v) is 3.55. The Morgan fingerprint density at radius 2 is 1.90 bits per heavy atom. The number of alkyl carbamates (subject to hydrolysis) is 1. The van der Waals surface area contributed by atoms with E-state index in [9.17, 15) is 4.79 Å².